The molecule has 3 heterocycles. The average molecular weight is 258 g/mol. The Kier molecular flexibility index (Phi) is 3.53. The maximum absolute atomic E-state index is 5.67. The van der Waals surface area contributed by atoms with Gasteiger partial charge in [-0.2, -0.15) is 0 Å². The first kappa shape index (κ1) is 12.6. The van der Waals surface area contributed by atoms with Crippen LogP contribution in [0.2, 0.25) is 0 Å². The number of imidazole rings is 1. The standard InChI is InChI=1S/C15H22N4/c1-2-18-6-5-12(9-18)7-14-11-19-10-13(8-16)3-4-15(19)17-14/h3-4,10-12H,2,5-9,16H2,1H3. The van der Waals surface area contributed by atoms with Crippen LogP contribution in [-0.4, -0.2) is 33.9 Å². The molecule has 0 aromatic carbocycles. The first-order valence-electron chi connectivity index (χ1n) is 7.17. The fourth-order valence-electron chi connectivity index (χ4n) is 2.97. The second-order valence-corrected chi connectivity index (χ2v) is 5.49. The van der Waals surface area contributed by atoms with E-state index in [1.807, 2.05) is 0 Å². The van der Waals surface area contributed by atoms with E-state index in [-0.39, 0.29) is 0 Å². The van der Waals surface area contributed by atoms with Crippen LogP contribution in [0.4, 0.5) is 0 Å². The van der Waals surface area contributed by atoms with E-state index >= 15 is 0 Å². The molecule has 1 fully saturated rings. The third-order valence-electron chi connectivity index (χ3n) is 4.11. The quantitative estimate of drug-likeness (QED) is 0.907. The number of rotatable bonds is 4. The average Bonchev–Trinajstić information content (AvgIpc) is 3.03. The summed E-state index contributed by atoms with van der Waals surface area (Å²) in [5.74, 6) is 0.763. The van der Waals surface area contributed by atoms with Gasteiger partial charge in [-0.3, -0.25) is 0 Å². The highest BCUT2D eigenvalue weighted by Crippen LogP contribution is 2.20. The van der Waals surface area contributed by atoms with Crippen molar-refractivity contribution in [3.05, 3.63) is 35.8 Å². The minimum absolute atomic E-state index is 0.581. The monoisotopic (exact) mass is 258 g/mol. The topological polar surface area (TPSA) is 46.6 Å². The van der Waals surface area contributed by atoms with Crippen LogP contribution in [-0.2, 0) is 13.0 Å². The van der Waals surface area contributed by atoms with Gasteiger partial charge in [0.05, 0.1) is 5.69 Å². The molecule has 0 aliphatic carbocycles. The van der Waals surface area contributed by atoms with Gasteiger partial charge in [0.25, 0.3) is 0 Å². The molecule has 0 spiro atoms. The summed E-state index contributed by atoms with van der Waals surface area (Å²) >= 11 is 0. The smallest absolute Gasteiger partial charge is 0.136 e. The molecule has 0 saturated carbocycles. The van der Waals surface area contributed by atoms with E-state index in [2.05, 4.69) is 40.8 Å². The van der Waals surface area contributed by atoms with Gasteiger partial charge in [0.2, 0.25) is 0 Å². The lowest BCUT2D eigenvalue weighted by Crippen LogP contribution is -2.20. The zero-order chi connectivity index (χ0) is 13.2. The molecule has 1 atom stereocenters. The number of pyridine rings is 1. The molecule has 0 radical (unpaired) electrons. The number of nitrogens with two attached hydrogens (primary N) is 1. The molecule has 2 N–H and O–H groups in total. The van der Waals surface area contributed by atoms with E-state index in [4.69, 9.17) is 10.7 Å². The van der Waals surface area contributed by atoms with Crippen molar-refractivity contribution in [1.82, 2.24) is 14.3 Å². The number of hydrogen-bond acceptors (Lipinski definition) is 3. The summed E-state index contributed by atoms with van der Waals surface area (Å²) in [6.07, 6.45) is 6.63. The van der Waals surface area contributed by atoms with Crippen molar-refractivity contribution in [2.24, 2.45) is 11.7 Å². The van der Waals surface area contributed by atoms with Crippen molar-refractivity contribution in [3.8, 4) is 0 Å². The fraction of sp³-hybridized carbons (Fsp3) is 0.533. The number of nitrogens with zero attached hydrogens (tertiary/aromatic N) is 3. The van der Waals surface area contributed by atoms with Crippen LogP contribution in [0, 0.1) is 5.92 Å². The van der Waals surface area contributed by atoms with Crippen LogP contribution in [0.5, 0.6) is 0 Å². The summed E-state index contributed by atoms with van der Waals surface area (Å²) < 4.78 is 2.10. The largest absolute Gasteiger partial charge is 0.326 e. The molecule has 19 heavy (non-hydrogen) atoms. The molecule has 2 aromatic heterocycles. The van der Waals surface area contributed by atoms with Crippen molar-refractivity contribution in [2.75, 3.05) is 19.6 Å². The lowest BCUT2D eigenvalue weighted by molar-refractivity contribution is 0.341. The van der Waals surface area contributed by atoms with Crippen molar-refractivity contribution >= 4 is 5.65 Å². The van der Waals surface area contributed by atoms with E-state index in [0.717, 1.165) is 23.5 Å². The Morgan fingerprint density at radius 3 is 3.00 bits per heavy atom. The van der Waals surface area contributed by atoms with Gasteiger partial charge in [-0.05, 0) is 43.5 Å². The highest BCUT2D eigenvalue weighted by Gasteiger charge is 2.22. The summed E-state index contributed by atoms with van der Waals surface area (Å²) in [4.78, 5) is 7.23. The highest BCUT2D eigenvalue weighted by molar-refractivity contribution is 5.41. The molecule has 2 aromatic rings. The minimum Gasteiger partial charge on any atom is -0.326 e. The van der Waals surface area contributed by atoms with Crippen LogP contribution in [0.15, 0.2) is 24.5 Å². The number of aromatic nitrogens is 2. The lowest BCUT2D eigenvalue weighted by Gasteiger charge is -2.11. The SMILES string of the molecule is CCN1CCC(Cc2cn3cc(CN)ccc3n2)C1. The molecule has 1 unspecified atom stereocenters. The molecule has 0 amide bonds. The van der Waals surface area contributed by atoms with Gasteiger partial charge in [-0.15, -0.1) is 0 Å². The van der Waals surface area contributed by atoms with Crippen molar-refractivity contribution < 1.29 is 0 Å². The summed E-state index contributed by atoms with van der Waals surface area (Å²) in [7, 11) is 0. The molecule has 1 saturated heterocycles. The molecule has 4 nitrogen and oxygen atoms in total. The van der Waals surface area contributed by atoms with Crippen LogP contribution in [0.25, 0.3) is 5.65 Å². The fourth-order valence-corrected chi connectivity index (χ4v) is 2.97. The van der Waals surface area contributed by atoms with E-state index in [9.17, 15) is 0 Å². The predicted molar refractivity (Wildman–Crippen MR) is 77.0 cm³/mol. The maximum atomic E-state index is 5.67. The van der Waals surface area contributed by atoms with E-state index in [1.165, 1.54) is 31.7 Å². The molecule has 1 aliphatic heterocycles. The zero-order valence-electron chi connectivity index (χ0n) is 11.5. The third kappa shape index (κ3) is 2.65. The Labute approximate surface area is 114 Å². The third-order valence-corrected chi connectivity index (χ3v) is 4.11. The Balaban J connectivity index is 1.75. The van der Waals surface area contributed by atoms with Crippen molar-refractivity contribution in [3.63, 3.8) is 0 Å². The molecule has 0 bridgehead atoms. The Bertz CT molecular complexity index is 560. The summed E-state index contributed by atoms with van der Waals surface area (Å²) in [6, 6.07) is 4.11. The summed E-state index contributed by atoms with van der Waals surface area (Å²) in [5, 5.41) is 0. The van der Waals surface area contributed by atoms with Crippen LogP contribution >= 0.6 is 0 Å². The summed E-state index contributed by atoms with van der Waals surface area (Å²) in [5.41, 5.74) is 9.05. The number of likely N-dealkylation sites (tertiary alicyclic amines) is 1. The van der Waals surface area contributed by atoms with Gasteiger partial charge in [0, 0.05) is 25.5 Å². The molecular weight excluding hydrogens is 236 g/mol. The second-order valence-electron chi connectivity index (χ2n) is 5.49. The van der Waals surface area contributed by atoms with E-state index in [0.29, 0.717) is 6.54 Å². The Morgan fingerprint density at radius 2 is 2.26 bits per heavy atom. The van der Waals surface area contributed by atoms with Gasteiger partial charge in [0.1, 0.15) is 5.65 Å². The first-order chi connectivity index (χ1) is 9.28. The maximum Gasteiger partial charge on any atom is 0.136 e. The number of fused-ring (bicyclic) bond motifs is 1. The minimum atomic E-state index is 0.581. The zero-order valence-corrected chi connectivity index (χ0v) is 11.5. The lowest BCUT2D eigenvalue weighted by atomic mass is 10.0. The Hall–Kier alpha value is -1.39. The Morgan fingerprint density at radius 1 is 1.37 bits per heavy atom. The van der Waals surface area contributed by atoms with Gasteiger partial charge < -0.3 is 15.0 Å². The van der Waals surface area contributed by atoms with Gasteiger partial charge >= 0.3 is 0 Å². The molecule has 4 heteroatoms. The first-order valence-corrected chi connectivity index (χ1v) is 7.17. The molecule has 1 aliphatic rings. The van der Waals surface area contributed by atoms with Crippen molar-refractivity contribution in [2.45, 2.75) is 26.3 Å². The summed E-state index contributed by atoms with van der Waals surface area (Å²) in [6.45, 7) is 6.45. The molecule has 3 rings (SSSR count). The van der Waals surface area contributed by atoms with Crippen LogP contribution in [0.3, 0.4) is 0 Å². The second kappa shape index (κ2) is 5.31. The van der Waals surface area contributed by atoms with Gasteiger partial charge in [-0.25, -0.2) is 4.98 Å². The van der Waals surface area contributed by atoms with Gasteiger partial charge in [-0.1, -0.05) is 13.0 Å². The molecule has 102 valence electrons. The predicted octanol–water partition coefficient (Wildman–Crippen LogP) is 1.68. The highest BCUT2D eigenvalue weighted by atomic mass is 15.1. The number of hydrogen-bond donors (Lipinski definition) is 1. The van der Waals surface area contributed by atoms with Crippen LogP contribution in [0.1, 0.15) is 24.6 Å². The van der Waals surface area contributed by atoms with Gasteiger partial charge in [0.15, 0.2) is 0 Å². The normalized spacial score (nSPS) is 20.4. The molecular formula is C15H22N4. The van der Waals surface area contributed by atoms with E-state index < -0.39 is 0 Å². The van der Waals surface area contributed by atoms with E-state index in [1.54, 1.807) is 0 Å². The van der Waals surface area contributed by atoms with Crippen LogP contribution < -0.4 is 5.73 Å². The van der Waals surface area contributed by atoms with Crippen molar-refractivity contribution in [1.29, 1.82) is 0 Å².